The number of carbonyl (C=O) groups excluding carboxylic acids is 3. The summed E-state index contributed by atoms with van der Waals surface area (Å²) >= 11 is 0. The molecule has 2 aliphatic carbocycles. The average molecular weight is 885 g/mol. The van der Waals surface area contributed by atoms with Gasteiger partial charge >= 0.3 is 17.9 Å². The van der Waals surface area contributed by atoms with Crippen LogP contribution in [-0.2, 0) is 28.6 Å². The quantitative estimate of drug-likeness (QED) is 0.0290. The van der Waals surface area contributed by atoms with Gasteiger partial charge in [0.2, 0.25) is 0 Å². The summed E-state index contributed by atoms with van der Waals surface area (Å²) in [6, 6.07) is 0. The molecule has 10 heteroatoms. The third-order valence-corrected chi connectivity index (χ3v) is 14.9. The van der Waals surface area contributed by atoms with Gasteiger partial charge in [0, 0.05) is 32.9 Å². The lowest BCUT2D eigenvalue weighted by molar-refractivity contribution is -0.147. The van der Waals surface area contributed by atoms with Gasteiger partial charge in [-0.2, -0.15) is 0 Å². The van der Waals surface area contributed by atoms with Crippen molar-refractivity contribution >= 4 is 29.3 Å². The summed E-state index contributed by atoms with van der Waals surface area (Å²) in [5.74, 6) is 1.22. The molecule has 4 unspecified atom stereocenters. The molecule has 1 aromatic rings. The molecule has 10 nitrogen and oxygen atoms in total. The Morgan fingerprint density at radius 3 is 1.37 bits per heavy atom. The molecule has 362 valence electrons. The molecule has 0 radical (unpaired) electrons. The second-order valence-electron chi connectivity index (χ2n) is 21.0. The Hall–Kier alpha value is -2.91. The molecular weight excluding hydrogens is 793 g/mol. The lowest BCUT2D eigenvalue weighted by atomic mass is 9.47. The molecule has 63 heavy (non-hydrogen) atoms. The van der Waals surface area contributed by atoms with Crippen molar-refractivity contribution in [1.82, 2.24) is 0 Å². The van der Waals surface area contributed by atoms with Crippen LogP contribution in [0, 0.1) is 34.0 Å². The smallest absolute Gasteiger partial charge is 0.305 e. The molecule has 2 aliphatic rings. The minimum atomic E-state index is -0.557. The van der Waals surface area contributed by atoms with Gasteiger partial charge in [0.1, 0.15) is 18.0 Å². The molecule has 3 rings (SSSR count). The first-order valence-corrected chi connectivity index (χ1v) is 26.0. The van der Waals surface area contributed by atoms with Crippen LogP contribution in [0.2, 0.25) is 0 Å². The minimum Gasteiger partial charge on any atom is -0.466 e. The number of nitrogens with one attached hydrogen (secondary N) is 2. The van der Waals surface area contributed by atoms with E-state index in [1.807, 2.05) is 0 Å². The van der Waals surface area contributed by atoms with E-state index >= 15 is 0 Å². The zero-order valence-corrected chi connectivity index (χ0v) is 41.3. The Balaban J connectivity index is 1.61. The molecule has 2 saturated carbocycles. The fourth-order valence-corrected chi connectivity index (χ4v) is 11.9. The third-order valence-electron chi connectivity index (χ3n) is 14.9. The summed E-state index contributed by atoms with van der Waals surface area (Å²) in [5.41, 5.74) is -0.806. The zero-order valence-electron chi connectivity index (χ0n) is 41.3. The molecule has 0 saturated heterocycles. The molecule has 2 bridgehead atoms. The third kappa shape index (κ3) is 19.6. The van der Waals surface area contributed by atoms with Crippen molar-refractivity contribution in [2.75, 3.05) is 44.0 Å². The molecule has 0 heterocycles. The van der Waals surface area contributed by atoms with Crippen molar-refractivity contribution in [3.8, 4) is 0 Å². The van der Waals surface area contributed by atoms with Crippen LogP contribution in [0.25, 0.3) is 0 Å². The van der Waals surface area contributed by atoms with Crippen LogP contribution in [0.15, 0.2) is 9.59 Å². The highest BCUT2D eigenvalue weighted by atomic mass is 16.5. The van der Waals surface area contributed by atoms with Crippen LogP contribution >= 0.6 is 0 Å². The van der Waals surface area contributed by atoms with Gasteiger partial charge in [-0.15, -0.1) is 0 Å². The van der Waals surface area contributed by atoms with E-state index < -0.39 is 10.9 Å². The van der Waals surface area contributed by atoms with Gasteiger partial charge in [0.05, 0.1) is 13.2 Å². The van der Waals surface area contributed by atoms with Gasteiger partial charge in [-0.25, -0.2) is 0 Å². The number of carbonyl (C=O) groups is 3. The first-order chi connectivity index (χ1) is 30.2. The Kier molecular flexibility index (Phi) is 24.9. The first kappa shape index (κ1) is 54.4. The highest BCUT2D eigenvalue weighted by Gasteiger charge is 2.53. The second-order valence-corrected chi connectivity index (χ2v) is 21.0. The van der Waals surface area contributed by atoms with Crippen LogP contribution < -0.4 is 21.5 Å². The van der Waals surface area contributed by atoms with Crippen LogP contribution in [0.4, 0.5) is 11.4 Å². The zero-order chi connectivity index (χ0) is 46.1. The highest BCUT2D eigenvalue weighted by Crippen LogP contribution is 2.64. The van der Waals surface area contributed by atoms with Crippen molar-refractivity contribution in [2.24, 2.45) is 34.0 Å². The molecule has 2 N–H and O–H groups in total. The van der Waals surface area contributed by atoms with E-state index in [4.69, 9.17) is 14.2 Å². The molecule has 1 aromatic carbocycles. The molecule has 0 aromatic heterocycles. The number of hydrogen-bond donors (Lipinski definition) is 2. The summed E-state index contributed by atoms with van der Waals surface area (Å²) in [4.78, 5) is 63.3. The molecular formula is C53H92N2O8. The van der Waals surface area contributed by atoms with Crippen molar-refractivity contribution < 1.29 is 28.6 Å². The van der Waals surface area contributed by atoms with Gasteiger partial charge in [-0.3, -0.25) is 24.0 Å². The molecule has 2 fully saturated rings. The summed E-state index contributed by atoms with van der Waals surface area (Å²) in [6.45, 7) is 15.0. The Morgan fingerprint density at radius 1 is 0.556 bits per heavy atom. The maximum Gasteiger partial charge on any atom is 0.305 e. The summed E-state index contributed by atoms with van der Waals surface area (Å²) in [5, 5.41) is 5.66. The number of hydrogen-bond acceptors (Lipinski definition) is 10. The van der Waals surface area contributed by atoms with Gasteiger partial charge in [-0.05, 0) is 98.2 Å². The monoisotopic (exact) mass is 885 g/mol. The van der Waals surface area contributed by atoms with E-state index in [9.17, 15) is 24.0 Å². The molecule has 0 spiro atoms. The predicted octanol–water partition coefficient (Wildman–Crippen LogP) is 12.6. The Morgan fingerprint density at radius 2 is 0.952 bits per heavy atom. The van der Waals surface area contributed by atoms with E-state index in [-0.39, 0.29) is 58.7 Å². The van der Waals surface area contributed by atoms with Gasteiger partial charge in [-0.1, -0.05) is 144 Å². The highest BCUT2D eigenvalue weighted by molar-refractivity contribution is 5.74. The van der Waals surface area contributed by atoms with E-state index in [0.717, 1.165) is 57.8 Å². The normalized spacial score (nSPS) is 22.1. The Labute approximate surface area is 383 Å². The maximum atomic E-state index is 13.5. The van der Waals surface area contributed by atoms with E-state index in [1.54, 1.807) is 7.05 Å². The number of fused-ring (bicyclic) bond motifs is 2. The topological polar surface area (TPSA) is 137 Å². The molecule has 0 aliphatic heterocycles. The van der Waals surface area contributed by atoms with E-state index in [0.29, 0.717) is 56.7 Å². The maximum absolute atomic E-state index is 13.5. The van der Waals surface area contributed by atoms with Gasteiger partial charge < -0.3 is 24.8 Å². The van der Waals surface area contributed by atoms with Crippen molar-refractivity contribution in [1.29, 1.82) is 0 Å². The minimum absolute atomic E-state index is 0.0405. The van der Waals surface area contributed by atoms with Crippen LogP contribution in [0.3, 0.4) is 0 Å². The Bertz CT molecular complexity index is 1530. The predicted molar refractivity (Wildman–Crippen MR) is 258 cm³/mol. The molecule has 0 amide bonds. The summed E-state index contributed by atoms with van der Waals surface area (Å²) < 4.78 is 17.4. The summed E-state index contributed by atoms with van der Waals surface area (Å²) in [7, 11) is 1.59. The summed E-state index contributed by atoms with van der Waals surface area (Å²) in [6.07, 6.45) is 30.0. The van der Waals surface area contributed by atoms with Gasteiger partial charge in [0.15, 0.2) is 0 Å². The van der Waals surface area contributed by atoms with Crippen LogP contribution in [0.5, 0.6) is 0 Å². The lowest BCUT2D eigenvalue weighted by Gasteiger charge is -2.58. The number of anilines is 2. The standard InChI is InChI=1S/C53H92N2O8/c1-8-12-16-20-41(21-17-13-9-2)27-33-61-44(56)24-29-51(5)36-43-37-52(6,30-25-45(57)63-35-32-55-48-47(54-7)49(59)50(48)60)40-53(38-43,39-51)31-26-46(58)62-34-28-42(22-18-14-10-3)23-19-15-11-4/h41-43,54-55H,8-40H2,1-7H3. The van der Waals surface area contributed by atoms with Gasteiger partial charge in [0.25, 0.3) is 10.9 Å². The van der Waals surface area contributed by atoms with E-state index in [1.165, 1.54) is 103 Å². The fourth-order valence-electron chi connectivity index (χ4n) is 11.9. The number of ether oxygens (including phenoxy) is 3. The number of unbranched alkanes of at least 4 members (excludes halogenated alkanes) is 8. The van der Waals surface area contributed by atoms with Crippen molar-refractivity contribution in [3.05, 3.63) is 20.4 Å². The second kappa shape index (κ2) is 28.9. The first-order valence-electron chi connectivity index (χ1n) is 26.0. The average Bonchev–Trinajstić information content (AvgIpc) is 3.24. The lowest BCUT2D eigenvalue weighted by Crippen LogP contribution is -2.48. The van der Waals surface area contributed by atoms with E-state index in [2.05, 4.69) is 52.2 Å². The largest absolute Gasteiger partial charge is 0.466 e. The van der Waals surface area contributed by atoms with Crippen LogP contribution in [-0.4, -0.2) is 51.3 Å². The van der Waals surface area contributed by atoms with Crippen molar-refractivity contribution in [2.45, 2.75) is 228 Å². The van der Waals surface area contributed by atoms with Crippen molar-refractivity contribution in [3.63, 3.8) is 0 Å². The number of rotatable bonds is 36. The van der Waals surface area contributed by atoms with Crippen LogP contribution in [0.1, 0.15) is 228 Å². The molecule has 4 atom stereocenters. The number of esters is 3. The fraction of sp³-hybridized carbons (Fsp3) is 0.868. The SMILES string of the molecule is CCCCCC(CCCCC)CCOC(=O)CCC1(C)CC2CC(C)(CCC(=O)OCCNc3c(NC)c(=O)c3=O)CC(CCC(=O)OCCC(CCCCC)CCCCC)(C2)C1.